The molecule has 1 saturated carbocycles. The molecule has 1 aliphatic carbocycles. The summed E-state index contributed by atoms with van der Waals surface area (Å²) in [6, 6.07) is 2.87. The van der Waals surface area contributed by atoms with Gasteiger partial charge in [0.2, 0.25) is 0 Å². The Morgan fingerprint density at radius 1 is 1.26 bits per heavy atom. The number of aliphatic hydroxyl groups is 2. The molecule has 1 saturated heterocycles. The number of hydrogen-bond donors (Lipinski definition) is 3. The Labute approximate surface area is 180 Å². The van der Waals surface area contributed by atoms with Gasteiger partial charge >= 0.3 is 5.97 Å². The first-order valence-corrected chi connectivity index (χ1v) is 10.8. The van der Waals surface area contributed by atoms with Crippen molar-refractivity contribution in [1.82, 2.24) is 0 Å². The lowest BCUT2D eigenvalue weighted by Gasteiger charge is -2.22. The lowest BCUT2D eigenvalue weighted by atomic mass is 9.85. The van der Waals surface area contributed by atoms with Crippen molar-refractivity contribution in [2.75, 3.05) is 13.2 Å². The zero-order valence-electron chi connectivity index (χ0n) is 17.4. The van der Waals surface area contributed by atoms with Gasteiger partial charge in [-0.2, -0.15) is 0 Å². The number of hydrogen-bond acceptors (Lipinski definition) is 5. The molecule has 0 unspecified atom stereocenters. The van der Waals surface area contributed by atoms with Crippen molar-refractivity contribution < 1.29 is 38.4 Å². The molecule has 0 bridgehead atoms. The number of ether oxygens (including phenoxy) is 2. The van der Waals surface area contributed by atoms with Crippen LogP contribution in [0.25, 0.3) is 0 Å². The van der Waals surface area contributed by atoms with Gasteiger partial charge < -0.3 is 24.8 Å². The van der Waals surface area contributed by atoms with Crippen LogP contribution in [-0.2, 0) is 9.53 Å². The summed E-state index contributed by atoms with van der Waals surface area (Å²) in [7, 11) is 0. The summed E-state index contributed by atoms with van der Waals surface area (Å²) >= 11 is 0. The predicted molar refractivity (Wildman–Crippen MR) is 109 cm³/mol. The summed E-state index contributed by atoms with van der Waals surface area (Å²) in [5, 5.41) is 29.4. The average Bonchev–Trinajstić information content (AvgIpc) is 2.88. The molecule has 2 aliphatic rings. The number of aliphatic hydroxyl groups excluding tert-OH is 2. The highest BCUT2D eigenvalue weighted by Gasteiger charge is 2.43. The molecular weight excluding hydrogens is 410 g/mol. The molecule has 5 atom stereocenters. The van der Waals surface area contributed by atoms with Crippen molar-refractivity contribution >= 4 is 5.97 Å². The van der Waals surface area contributed by atoms with E-state index in [0.717, 1.165) is 37.5 Å². The number of carboxylic acid groups (broad SMARTS) is 1. The summed E-state index contributed by atoms with van der Waals surface area (Å²) in [4.78, 5) is 10.7. The van der Waals surface area contributed by atoms with E-state index >= 15 is 0 Å². The number of rotatable bonds is 9. The smallest absolute Gasteiger partial charge is 0.303 e. The molecule has 31 heavy (non-hydrogen) atoms. The van der Waals surface area contributed by atoms with Crippen molar-refractivity contribution in [3.63, 3.8) is 0 Å². The summed E-state index contributed by atoms with van der Waals surface area (Å²) in [6.07, 6.45) is 5.35. The van der Waals surface area contributed by atoms with Gasteiger partial charge in [0.25, 0.3) is 0 Å². The molecule has 0 spiro atoms. The van der Waals surface area contributed by atoms with E-state index in [0.29, 0.717) is 31.8 Å². The van der Waals surface area contributed by atoms with Crippen LogP contribution in [0.3, 0.4) is 0 Å². The fraction of sp³-hybridized carbons (Fsp3) is 0.609. The molecule has 6 nitrogen and oxygen atoms in total. The largest absolute Gasteiger partial charge is 0.509 e. The van der Waals surface area contributed by atoms with Crippen molar-refractivity contribution in [3.05, 3.63) is 41.7 Å². The van der Waals surface area contributed by atoms with Gasteiger partial charge in [-0.3, -0.25) is 4.79 Å². The lowest BCUT2D eigenvalue weighted by Crippen LogP contribution is -2.22. The van der Waals surface area contributed by atoms with E-state index in [9.17, 15) is 23.8 Å². The first-order chi connectivity index (χ1) is 14.8. The van der Waals surface area contributed by atoms with Gasteiger partial charge in [0.1, 0.15) is 18.2 Å². The summed E-state index contributed by atoms with van der Waals surface area (Å²) < 4.78 is 38.0. The Hall–Kier alpha value is -2.19. The number of carboxylic acids is 1. The monoisotopic (exact) mass is 440 g/mol. The van der Waals surface area contributed by atoms with Gasteiger partial charge in [-0.25, -0.2) is 8.78 Å². The number of benzene rings is 1. The van der Waals surface area contributed by atoms with Gasteiger partial charge in [0.15, 0.2) is 11.6 Å². The Kier molecular flexibility index (Phi) is 8.26. The molecule has 3 N–H and O–H groups in total. The summed E-state index contributed by atoms with van der Waals surface area (Å²) in [5.74, 6) is -2.11. The van der Waals surface area contributed by atoms with Crippen LogP contribution in [0.4, 0.5) is 8.78 Å². The number of fused-ring (bicyclic) bond motifs is 1. The second-order valence-electron chi connectivity index (χ2n) is 8.53. The molecule has 3 rings (SSSR count). The van der Waals surface area contributed by atoms with Crippen LogP contribution in [0, 0.1) is 29.4 Å². The third-order valence-corrected chi connectivity index (χ3v) is 6.35. The minimum Gasteiger partial charge on any atom is -0.509 e. The molecule has 1 aromatic rings. The molecule has 0 aromatic heterocycles. The van der Waals surface area contributed by atoms with Crippen LogP contribution in [0.1, 0.15) is 44.9 Å². The minimum absolute atomic E-state index is 0.0438. The summed E-state index contributed by atoms with van der Waals surface area (Å²) in [5.41, 5.74) is 0. The SMILES string of the molecule is O=C(O)CCC[C@H]1CC[C@@H]2[C@@H](CC=C(O)COc3cc(F)ccc3F)[C@@H](O)C[C@@H]2OC1. The lowest BCUT2D eigenvalue weighted by molar-refractivity contribution is -0.137. The number of aliphatic carboxylic acids is 1. The molecule has 1 heterocycles. The highest BCUT2D eigenvalue weighted by Crippen LogP contribution is 2.43. The van der Waals surface area contributed by atoms with Crippen LogP contribution in [-0.4, -0.2) is 46.7 Å². The van der Waals surface area contributed by atoms with Gasteiger partial charge in [0, 0.05) is 25.5 Å². The molecule has 0 radical (unpaired) electrons. The highest BCUT2D eigenvalue weighted by atomic mass is 19.1. The van der Waals surface area contributed by atoms with Crippen molar-refractivity contribution in [1.29, 1.82) is 0 Å². The standard InChI is InChI=1S/C23H30F2O6/c24-15-5-9-19(25)22(10-15)31-13-16(26)6-8-17-18-7-4-14(2-1-3-23(28)29)12-30-21(18)11-20(17)27/h5-6,9-10,14,17-18,20-21,26-27H,1-4,7-8,11-13H2,(H,28,29)/t14-,17+,18+,20-,21-/m0/s1. The number of carbonyl (C=O) groups is 1. The van der Waals surface area contributed by atoms with E-state index in [4.69, 9.17) is 14.6 Å². The average molecular weight is 440 g/mol. The van der Waals surface area contributed by atoms with Crippen LogP contribution in [0.15, 0.2) is 30.0 Å². The number of halogens is 2. The zero-order valence-corrected chi connectivity index (χ0v) is 17.4. The van der Waals surface area contributed by atoms with Crippen molar-refractivity contribution in [2.24, 2.45) is 17.8 Å². The van der Waals surface area contributed by atoms with Crippen molar-refractivity contribution in [2.45, 2.75) is 57.2 Å². The molecular formula is C23H30F2O6. The van der Waals surface area contributed by atoms with Crippen LogP contribution >= 0.6 is 0 Å². The topological polar surface area (TPSA) is 96.2 Å². The molecule has 1 aromatic carbocycles. The molecule has 8 heteroatoms. The maximum atomic E-state index is 13.6. The van der Waals surface area contributed by atoms with E-state index < -0.39 is 23.7 Å². The fourth-order valence-corrected chi connectivity index (χ4v) is 4.68. The second-order valence-corrected chi connectivity index (χ2v) is 8.53. The molecule has 1 aliphatic heterocycles. The fourth-order valence-electron chi connectivity index (χ4n) is 4.68. The normalized spacial score (nSPS) is 28.7. The third kappa shape index (κ3) is 6.64. The first kappa shape index (κ1) is 23.5. The first-order valence-electron chi connectivity index (χ1n) is 10.8. The van der Waals surface area contributed by atoms with Crippen molar-refractivity contribution in [3.8, 4) is 5.75 Å². The van der Waals surface area contributed by atoms with Crippen LogP contribution in [0.5, 0.6) is 5.75 Å². The minimum atomic E-state index is -0.787. The van der Waals surface area contributed by atoms with E-state index in [1.807, 2.05) is 0 Å². The Balaban J connectivity index is 1.51. The van der Waals surface area contributed by atoms with Crippen LogP contribution in [0.2, 0.25) is 0 Å². The van der Waals surface area contributed by atoms with E-state index in [1.165, 1.54) is 0 Å². The Bertz CT molecular complexity index is 783. The van der Waals surface area contributed by atoms with E-state index in [1.54, 1.807) is 6.08 Å². The summed E-state index contributed by atoms with van der Waals surface area (Å²) in [6.45, 7) is 0.286. The van der Waals surface area contributed by atoms with Gasteiger partial charge in [-0.05, 0) is 68.1 Å². The molecule has 0 amide bonds. The Morgan fingerprint density at radius 2 is 2.06 bits per heavy atom. The second kappa shape index (κ2) is 10.9. The third-order valence-electron chi connectivity index (χ3n) is 6.35. The maximum absolute atomic E-state index is 13.6. The molecule has 2 fully saturated rings. The maximum Gasteiger partial charge on any atom is 0.303 e. The van der Waals surface area contributed by atoms with Crippen LogP contribution < -0.4 is 4.74 Å². The quantitative estimate of drug-likeness (QED) is 0.498. The predicted octanol–water partition coefficient (Wildman–Crippen LogP) is 4.22. The van der Waals surface area contributed by atoms with Gasteiger partial charge in [0.05, 0.1) is 12.2 Å². The van der Waals surface area contributed by atoms with E-state index in [2.05, 4.69) is 0 Å². The Morgan fingerprint density at radius 3 is 2.84 bits per heavy atom. The highest BCUT2D eigenvalue weighted by molar-refractivity contribution is 5.66. The van der Waals surface area contributed by atoms with Gasteiger partial charge in [-0.1, -0.05) is 0 Å². The molecule has 172 valence electrons. The van der Waals surface area contributed by atoms with Gasteiger partial charge in [-0.15, -0.1) is 0 Å². The number of allylic oxidation sites excluding steroid dienone is 1. The zero-order chi connectivity index (χ0) is 22.4. The van der Waals surface area contributed by atoms with E-state index in [-0.39, 0.29) is 42.5 Å².